The molecular weight excluding hydrogens is 210 g/mol. The molecule has 0 aliphatic heterocycles. The minimum atomic E-state index is 0.128. The summed E-state index contributed by atoms with van der Waals surface area (Å²) in [6.07, 6.45) is 2.73. The number of carbonyl (C=O) groups excluding carboxylic acids is 1. The van der Waals surface area contributed by atoms with Gasteiger partial charge in [-0.3, -0.25) is 4.79 Å². The Hall–Kier alpha value is -0.870. The summed E-state index contributed by atoms with van der Waals surface area (Å²) in [5, 5.41) is 0.792. The van der Waals surface area contributed by atoms with Gasteiger partial charge in [-0.15, -0.1) is 0 Å². The van der Waals surface area contributed by atoms with Gasteiger partial charge in [-0.2, -0.15) is 0 Å². The topological polar surface area (TPSA) is 52.3 Å². The van der Waals surface area contributed by atoms with Crippen molar-refractivity contribution in [3.63, 3.8) is 0 Å². The molecule has 0 amide bonds. The molecule has 1 saturated carbocycles. The van der Waals surface area contributed by atoms with Crippen molar-refractivity contribution in [3.8, 4) is 5.06 Å². The van der Waals surface area contributed by atoms with Crippen molar-refractivity contribution in [2.75, 3.05) is 7.11 Å². The standard InChI is InChI=1S/C11H15NO2S/c1-14-10-5-4-9(15-10)11(13)7-2-3-8(12)6-7/h4-5,7-8H,2-3,6,12H2,1H3. The zero-order valence-electron chi connectivity index (χ0n) is 8.73. The highest BCUT2D eigenvalue weighted by molar-refractivity contribution is 7.15. The molecule has 0 saturated heterocycles. The Balaban J connectivity index is 2.07. The van der Waals surface area contributed by atoms with Crippen LogP contribution < -0.4 is 10.5 Å². The van der Waals surface area contributed by atoms with Crippen LogP contribution in [-0.4, -0.2) is 18.9 Å². The van der Waals surface area contributed by atoms with Crippen LogP contribution in [0.25, 0.3) is 0 Å². The summed E-state index contributed by atoms with van der Waals surface area (Å²) in [4.78, 5) is 12.8. The zero-order chi connectivity index (χ0) is 10.8. The fourth-order valence-corrected chi connectivity index (χ4v) is 2.86. The lowest BCUT2D eigenvalue weighted by atomic mass is 10.0. The van der Waals surface area contributed by atoms with Crippen molar-refractivity contribution < 1.29 is 9.53 Å². The van der Waals surface area contributed by atoms with Crippen molar-refractivity contribution >= 4 is 17.1 Å². The number of hydrogen-bond acceptors (Lipinski definition) is 4. The van der Waals surface area contributed by atoms with Crippen molar-refractivity contribution in [1.82, 2.24) is 0 Å². The molecule has 0 bridgehead atoms. The number of ketones is 1. The largest absolute Gasteiger partial charge is 0.487 e. The molecule has 15 heavy (non-hydrogen) atoms. The molecule has 82 valence electrons. The first-order valence-corrected chi connectivity index (χ1v) is 5.96. The van der Waals surface area contributed by atoms with Crippen LogP contribution in [-0.2, 0) is 0 Å². The number of hydrogen-bond donors (Lipinski definition) is 1. The minimum Gasteiger partial charge on any atom is -0.487 e. The Morgan fingerprint density at radius 2 is 2.33 bits per heavy atom. The van der Waals surface area contributed by atoms with Gasteiger partial charge in [0.15, 0.2) is 10.8 Å². The summed E-state index contributed by atoms with van der Waals surface area (Å²) >= 11 is 1.42. The number of methoxy groups -OCH3 is 1. The molecule has 4 heteroatoms. The Morgan fingerprint density at radius 3 is 2.87 bits per heavy atom. The summed E-state index contributed by atoms with van der Waals surface area (Å²) < 4.78 is 5.07. The predicted molar refractivity (Wildman–Crippen MR) is 60.5 cm³/mol. The van der Waals surface area contributed by atoms with E-state index in [1.54, 1.807) is 7.11 Å². The van der Waals surface area contributed by atoms with Crippen LogP contribution in [0.3, 0.4) is 0 Å². The lowest BCUT2D eigenvalue weighted by Gasteiger charge is -2.05. The normalized spacial score (nSPS) is 25.5. The first-order valence-electron chi connectivity index (χ1n) is 5.14. The van der Waals surface area contributed by atoms with Gasteiger partial charge < -0.3 is 10.5 Å². The molecule has 2 rings (SSSR count). The van der Waals surface area contributed by atoms with Crippen molar-refractivity contribution in [2.24, 2.45) is 11.7 Å². The highest BCUT2D eigenvalue weighted by atomic mass is 32.1. The molecule has 1 aromatic heterocycles. The van der Waals surface area contributed by atoms with E-state index < -0.39 is 0 Å². The van der Waals surface area contributed by atoms with Gasteiger partial charge in [-0.1, -0.05) is 11.3 Å². The maximum Gasteiger partial charge on any atom is 0.176 e. The molecule has 0 spiro atoms. The monoisotopic (exact) mass is 225 g/mol. The first-order chi connectivity index (χ1) is 7.20. The Kier molecular flexibility index (Phi) is 3.07. The van der Waals surface area contributed by atoms with E-state index in [1.165, 1.54) is 11.3 Å². The van der Waals surface area contributed by atoms with Gasteiger partial charge in [-0.05, 0) is 31.4 Å². The number of nitrogens with two attached hydrogens (primary N) is 1. The zero-order valence-corrected chi connectivity index (χ0v) is 9.55. The third kappa shape index (κ3) is 2.21. The number of ether oxygens (including phenoxy) is 1. The molecule has 1 fully saturated rings. The number of Topliss-reactive ketones (excluding diaryl/α,β-unsaturated/α-hetero) is 1. The van der Waals surface area contributed by atoms with Gasteiger partial charge in [0.25, 0.3) is 0 Å². The molecule has 2 unspecified atom stereocenters. The van der Waals surface area contributed by atoms with E-state index in [2.05, 4.69) is 0 Å². The van der Waals surface area contributed by atoms with Gasteiger partial charge in [0, 0.05) is 12.0 Å². The molecule has 0 radical (unpaired) electrons. The maximum absolute atomic E-state index is 12.0. The second kappa shape index (κ2) is 4.33. The van der Waals surface area contributed by atoms with Crippen molar-refractivity contribution in [1.29, 1.82) is 0 Å². The molecule has 0 aromatic carbocycles. The first kappa shape index (κ1) is 10.6. The second-order valence-corrected chi connectivity index (χ2v) is 5.00. The van der Waals surface area contributed by atoms with E-state index in [0.29, 0.717) is 0 Å². The van der Waals surface area contributed by atoms with Crippen LogP contribution in [0.5, 0.6) is 5.06 Å². The van der Waals surface area contributed by atoms with E-state index >= 15 is 0 Å². The number of carbonyl (C=O) groups is 1. The fraction of sp³-hybridized carbons (Fsp3) is 0.545. The minimum absolute atomic E-state index is 0.128. The Bertz CT molecular complexity index is 361. The third-order valence-corrected chi connectivity index (χ3v) is 3.93. The quantitative estimate of drug-likeness (QED) is 0.801. The van der Waals surface area contributed by atoms with E-state index in [0.717, 1.165) is 29.2 Å². The Morgan fingerprint density at radius 1 is 1.53 bits per heavy atom. The molecular formula is C11H15NO2S. The van der Waals surface area contributed by atoms with E-state index in [4.69, 9.17) is 10.5 Å². The molecule has 2 atom stereocenters. The van der Waals surface area contributed by atoms with Crippen LogP contribution in [0.1, 0.15) is 28.9 Å². The predicted octanol–water partition coefficient (Wildman–Crippen LogP) is 2.07. The van der Waals surface area contributed by atoms with Crippen LogP contribution in [0.2, 0.25) is 0 Å². The lowest BCUT2D eigenvalue weighted by Crippen LogP contribution is -2.17. The summed E-state index contributed by atoms with van der Waals surface area (Å²) in [6, 6.07) is 3.89. The van der Waals surface area contributed by atoms with Crippen LogP contribution in [0.4, 0.5) is 0 Å². The second-order valence-electron chi connectivity index (χ2n) is 3.96. The molecule has 2 N–H and O–H groups in total. The van der Waals surface area contributed by atoms with E-state index in [9.17, 15) is 4.79 Å². The van der Waals surface area contributed by atoms with Crippen molar-refractivity contribution in [3.05, 3.63) is 17.0 Å². The smallest absolute Gasteiger partial charge is 0.176 e. The average Bonchev–Trinajstić information content (AvgIpc) is 2.84. The molecule has 1 heterocycles. The van der Waals surface area contributed by atoms with Gasteiger partial charge in [0.2, 0.25) is 0 Å². The molecule has 1 aromatic rings. The van der Waals surface area contributed by atoms with Crippen molar-refractivity contribution in [2.45, 2.75) is 25.3 Å². The highest BCUT2D eigenvalue weighted by Crippen LogP contribution is 2.32. The Labute approximate surface area is 93.2 Å². The number of rotatable bonds is 3. The molecule has 3 nitrogen and oxygen atoms in total. The maximum atomic E-state index is 12.0. The molecule has 1 aliphatic carbocycles. The summed E-state index contributed by atoms with van der Waals surface area (Å²) in [5.41, 5.74) is 5.80. The van der Waals surface area contributed by atoms with Crippen LogP contribution in [0.15, 0.2) is 12.1 Å². The van der Waals surface area contributed by atoms with Gasteiger partial charge in [-0.25, -0.2) is 0 Å². The summed E-state index contributed by atoms with van der Waals surface area (Å²) in [7, 11) is 1.62. The summed E-state index contributed by atoms with van der Waals surface area (Å²) in [6.45, 7) is 0. The average molecular weight is 225 g/mol. The van der Waals surface area contributed by atoms with Gasteiger partial charge in [0.1, 0.15) is 0 Å². The van der Waals surface area contributed by atoms with Gasteiger partial charge in [0.05, 0.1) is 12.0 Å². The molecule has 1 aliphatic rings. The fourth-order valence-electron chi connectivity index (χ4n) is 2.02. The highest BCUT2D eigenvalue weighted by Gasteiger charge is 2.29. The number of thiophene rings is 1. The van der Waals surface area contributed by atoms with E-state index in [-0.39, 0.29) is 17.7 Å². The van der Waals surface area contributed by atoms with E-state index in [1.807, 2.05) is 12.1 Å². The summed E-state index contributed by atoms with van der Waals surface area (Å²) in [5.74, 6) is 0.361. The SMILES string of the molecule is COc1ccc(C(=O)C2CCC(N)C2)s1. The van der Waals surface area contributed by atoms with Crippen LogP contribution in [0, 0.1) is 5.92 Å². The van der Waals surface area contributed by atoms with Crippen LogP contribution >= 0.6 is 11.3 Å². The third-order valence-electron chi connectivity index (χ3n) is 2.87. The van der Waals surface area contributed by atoms with Gasteiger partial charge >= 0.3 is 0 Å². The lowest BCUT2D eigenvalue weighted by molar-refractivity contribution is 0.0926.